The minimum Gasteiger partial charge on any atom is -0.467 e. The zero-order chi connectivity index (χ0) is 17.2. The molecule has 25 heavy (non-hydrogen) atoms. The fraction of sp³-hybridized carbons (Fsp3) is 0.100. The molecule has 0 unspecified atom stereocenters. The van der Waals surface area contributed by atoms with Crippen molar-refractivity contribution >= 4 is 16.9 Å². The van der Waals surface area contributed by atoms with Gasteiger partial charge in [-0.15, -0.1) is 0 Å². The number of aromatic nitrogens is 2. The zero-order valence-electron chi connectivity index (χ0n) is 13.8. The van der Waals surface area contributed by atoms with Gasteiger partial charge in [-0.25, -0.2) is 4.98 Å². The highest BCUT2D eigenvalue weighted by molar-refractivity contribution is 5.97. The van der Waals surface area contributed by atoms with E-state index in [9.17, 15) is 4.79 Å². The highest BCUT2D eigenvalue weighted by atomic mass is 16.3. The van der Waals surface area contributed by atoms with E-state index in [2.05, 4.69) is 14.9 Å². The summed E-state index contributed by atoms with van der Waals surface area (Å²) in [6, 6.07) is 19.3. The predicted octanol–water partition coefficient (Wildman–Crippen LogP) is 3.86. The lowest BCUT2D eigenvalue weighted by Crippen LogP contribution is -2.22. The quantitative estimate of drug-likeness (QED) is 0.618. The topological polar surface area (TPSA) is 60.1 Å². The molecule has 4 aromatic rings. The molecule has 0 saturated heterocycles. The third kappa shape index (κ3) is 2.92. The number of hydrogen-bond donors (Lipinski definition) is 1. The van der Waals surface area contributed by atoms with Crippen LogP contribution in [0.3, 0.4) is 0 Å². The van der Waals surface area contributed by atoms with Gasteiger partial charge >= 0.3 is 0 Å². The molecule has 1 N–H and O–H groups in total. The molecule has 0 fully saturated rings. The molecule has 4 rings (SSSR count). The molecule has 0 atom stereocenters. The average Bonchev–Trinajstić information content (AvgIpc) is 3.26. The van der Waals surface area contributed by atoms with Gasteiger partial charge < -0.3 is 9.73 Å². The van der Waals surface area contributed by atoms with E-state index in [-0.39, 0.29) is 5.91 Å². The Morgan fingerprint density at radius 1 is 1.12 bits per heavy atom. The Morgan fingerprint density at radius 2 is 1.96 bits per heavy atom. The largest absolute Gasteiger partial charge is 0.467 e. The summed E-state index contributed by atoms with van der Waals surface area (Å²) >= 11 is 0. The van der Waals surface area contributed by atoms with Crippen LogP contribution in [0.15, 0.2) is 71.3 Å². The summed E-state index contributed by atoms with van der Waals surface area (Å²) < 4.78 is 7.31. The summed E-state index contributed by atoms with van der Waals surface area (Å²) in [5, 5.41) is 2.85. The summed E-state index contributed by atoms with van der Waals surface area (Å²) in [5.74, 6) is 1.46. The zero-order valence-corrected chi connectivity index (χ0v) is 13.8. The van der Waals surface area contributed by atoms with E-state index in [1.54, 1.807) is 12.3 Å². The fourth-order valence-electron chi connectivity index (χ4n) is 2.93. The maximum absolute atomic E-state index is 12.4. The van der Waals surface area contributed by atoms with E-state index in [1.807, 2.05) is 61.5 Å². The lowest BCUT2D eigenvalue weighted by atomic mass is 10.2. The standard InChI is InChI=1S/C20H17N3O2/c1-14-22-18-12-15(20(24)21-13-17-8-5-11-25-17)9-10-19(18)23(14)16-6-3-2-4-7-16/h2-12H,13H2,1H3,(H,21,24). The number of nitrogens with one attached hydrogen (secondary N) is 1. The van der Waals surface area contributed by atoms with Gasteiger partial charge in [-0.1, -0.05) is 18.2 Å². The van der Waals surface area contributed by atoms with Crippen LogP contribution < -0.4 is 5.32 Å². The van der Waals surface area contributed by atoms with Crippen molar-refractivity contribution in [2.75, 3.05) is 0 Å². The highest BCUT2D eigenvalue weighted by Gasteiger charge is 2.12. The van der Waals surface area contributed by atoms with Crippen LogP contribution in [-0.2, 0) is 6.54 Å². The molecule has 2 heterocycles. The van der Waals surface area contributed by atoms with Crippen molar-refractivity contribution in [3.63, 3.8) is 0 Å². The van der Waals surface area contributed by atoms with Gasteiger partial charge in [0.2, 0.25) is 0 Å². The highest BCUT2D eigenvalue weighted by Crippen LogP contribution is 2.22. The van der Waals surface area contributed by atoms with Crippen molar-refractivity contribution < 1.29 is 9.21 Å². The van der Waals surface area contributed by atoms with E-state index in [4.69, 9.17) is 4.42 Å². The third-order valence-electron chi connectivity index (χ3n) is 4.10. The maximum atomic E-state index is 12.4. The molecule has 2 aromatic carbocycles. The van der Waals surface area contributed by atoms with Gasteiger partial charge in [0.25, 0.3) is 5.91 Å². The molecule has 0 aliphatic carbocycles. The van der Waals surface area contributed by atoms with Crippen molar-refractivity contribution in [2.45, 2.75) is 13.5 Å². The SMILES string of the molecule is Cc1nc2cc(C(=O)NCc3ccco3)ccc2n1-c1ccccc1. The second kappa shape index (κ2) is 6.28. The van der Waals surface area contributed by atoms with Crippen molar-refractivity contribution in [1.29, 1.82) is 0 Å². The molecule has 0 saturated carbocycles. The number of hydrogen-bond acceptors (Lipinski definition) is 3. The number of amides is 1. The summed E-state index contributed by atoms with van der Waals surface area (Å²) in [4.78, 5) is 17.0. The molecule has 2 aromatic heterocycles. The van der Waals surface area contributed by atoms with E-state index >= 15 is 0 Å². The summed E-state index contributed by atoms with van der Waals surface area (Å²) in [6.07, 6.45) is 1.59. The van der Waals surface area contributed by atoms with Gasteiger partial charge in [0.15, 0.2) is 0 Å². The van der Waals surface area contributed by atoms with Crippen LogP contribution in [-0.4, -0.2) is 15.5 Å². The summed E-state index contributed by atoms with van der Waals surface area (Å²) in [6.45, 7) is 2.32. The molecule has 5 heteroatoms. The van der Waals surface area contributed by atoms with Gasteiger partial charge in [-0.2, -0.15) is 0 Å². The minimum absolute atomic E-state index is 0.148. The van der Waals surface area contributed by atoms with Gasteiger partial charge in [-0.3, -0.25) is 9.36 Å². The molecular weight excluding hydrogens is 314 g/mol. The monoisotopic (exact) mass is 331 g/mol. The van der Waals surface area contributed by atoms with Crippen LogP contribution in [0, 0.1) is 6.92 Å². The van der Waals surface area contributed by atoms with Crippen LogP contribution in [0.4, 0.5) is 0 Å². The second-order valence-corrected chi connectivity index (χ2v) is 5.80. The number of rotatable bonds is 4. The van der Waals surface area contributed by atoms with Crippen molar-refractivity contribution in [3.8, 4) is 5.69 Å². The number of carbonyl (C=O) groups excluding carboxylic acids is 1. The first kappa shape index (κ1) is 15.2. The number of furan rings is 1. The average molecular weight is 331 g/mol. The van der Waals surface area contributed by atoms with Crippen molar-refractivity contribution in [3.05, 3.63) is 84.1 Å². The molecule has 5 nitrogen and oxygen atoms in total. The van der Waals surface area contributed by atoms with Gasteiger partial charge in [0, 0.05) is 11.3 Å². The van der Waals surface area contributed by atoms with Crippen LogP contribution in [0.1, 0.15) is 21.9 Å². The first-order chi connectivity index (χ1) is 12.2. The van der Waals surface area contributed by atoms with Gasteiger partial charge in [0.1, 0.15) is 11.6 Å². The lowest BCUT2D eigenvalue weighted by Gasteiger charge is -2.07. The second-order valence-electron chi connectivity index (χ2n) is 5.80. The molecular formula is C20H17N3O2. The molecule has 0 aliphatic heterocycles. The minimum atomic E-state index is -0.148. The Balaban J connectivity index is 1.64. The Labute approximate surface area is 144 Å². The predicted molar refractivity (Wildman–Crippen MR) is 95.7 cm³/mol. The lowest BCUT2D eigenvalue weighted by molar-refractivity contribution is 0.0948. The van der Waals surface area contributed by atoms with E-state index in [0.29, 0.717) is 12.1 Å². The molecule has 0 aliphatic rings. The van der Waals surface area contributed by atoms with Crippen LogP contribution >= 0.6 is 0 Å². The number of carbonyl (C=O) groups is 1. The Hall–Kier alpha value is -3.34. The smallest absolute Gasteiger partial charge is 0.251 e. The van der Waals surface area contributed by atoms with Crippen LogP contribution in [0.2, 0.25) is 0 Å². The normalized spacial score (nSPS) is 10.9. The first-order valence-electron chi connectivity index (χ1n) is 8.07. The molecule has 1 amide bonds. The van der Waals surface area contributed by atoms with Gasteiger partial charge in [-0.05, 0) is 49.4 Å². The fourth-order valence-corrected chi connectivity index (χ4v) is 2.93. The Bertz CT molecular complexity index is 1020. The summed E-state index contributed by atoms with van der Waals surface area (Å²) in [7, 11) is 0. The molecule has 0 bridgehead atoms. The maximum Gasteiger partial charge on any atom is 0.251 e. The van der Waals surface area contributed by atoms with Crippen molar-refractivity contribution in [1.82, 2.24) is 14.9 Å². The van der Waals surface area contributed by atoms with Crippen LogP contribution in [0.5, 0.6) is 0 Å². The van der Waals surface area contributed by atoms with E-state index in [0.717, 1.165) is 28.3 Å². The number of benzene rings is 2. The van der Waals surface area contributed by atoms with E-state index in [1.165, 1.54) is 0 Å². The number of imidazole rings is 1. The molecule has 0 radical (unpaired) electrons. The Morgan fingerprint density at radius 3 is 2.72 bits per heavy atom. The molecule has 124 valence electrons. The number of nitrogens with zero attached hydrogens (tertiary/aromatic N) is 2. The number of fused-ring (bicyclic) bond motifs is 1. The number of para-hydroxylation sites is 1. The first-order valence-corrected chi connectivity index (χ1v) is 8.07. The van der Waals surface area contributed by atoms with E-state index < -0.39 is 0 Å². The van der Waals surface area contributed by atoms with Crippen molar-refractivity contribution in [2.24, 2.45) is 0 Å². The third-order valence-corrected chi connectivity index (χ3v) is 4.10. The number of aryl methyl sites for hydroxylation is 1. The van der Waals surface area contributed by atoms with Crippen LogP contribution in [0.25, 0.3) is 16.7 Å². The van der Waals surface area contributed by atoms with Gasteiger partial charge in [0.05, 0.1) is 23.8 Å². The summed E-state index contributed by atoms with van der Waals surface area (Å²) in [5.41, 5.74) is 3.41. The molecule has 0 spiro atoms. The Kier molecular flexibility index (Phi) is 3.82.